The largest absolute Gasteiger partial charge is 0.493 e. The minimum absolute atomic E-state index is 0.222. The van der Waals surface area contributed by atoms with E-state index in [0.29, 0.717) is 53.1 Å². The van der Waals surface area contributed by atoms with E-state index in [1.807, 2.05) is 6.92 Å². The average molecular weight is 467 g/mol. The number of halogens is 2. The Morgan fingerprint density at radius 3 is 2.52 bits per heavy atom. The van der Waals surface area contributed by atoms with Crippen molar-refractivity contribution in [2.24, 2.45) is 0 Å². The van der Waals surface area contributed by atoms with Crippen molar-refractivity contribution >= 4 is 46.8 Å². The molecule has 0 aliphatic carbocycles. The highest BCUT2D eigenvalue weighted by Gasteiger charge is 2.12. The summed E-state index contributed by atoms with van der Waals surface area (Å²) in [5, 5.41) is 5.99. The lowest BCUT2D eigenvalue weighted by atomic mass is 10.1. The van der Waals surface area contributed by atoms with E-state index >= 15 is 0 Å². The zero-order chi connectivity index (χ0) is 22.8. The lowest BCUT2D eigenvalue weighted by molar-refractivity contribution is -0.111. The van der Waals surface area contributed by atoms with Crippen LogP contribution in [0.4, 0.5) is 5.69 Å². The van der Waals surface area contributed by atoms with E-state index in [9.17, 15) is 9.59 Å². The Kier molecular flexibility index (Phi) is 9.65. The molecule has 9 heteroatoms. The highest BCUT2D eigenvalue weighted by atomic mass is 35.5. The third-order valence-corrected chi connectivity index (χ3v) is 4.63. The van der Waals surface area contributed by atoms with Crippen molar-refractivity contribution in [3.8, 4) is 11.5 Å². The van der Waals surface area contributed by atoms with Crippen LogP contribution in [0.15, 0.2) is 36.4 Å². The predicted molar refractivity (Wildman–Crippen MR) is 122 cm³/mol. The van der Waals surface area contributed by atoms with Crippen LogP contribution < -0.4 is 20.1 Å². The summed E-state index contributed by atoms with van der Waals surface area (Å²) in [4.78, 5) is 24.4. The molecular formula is C22H24Cl2N2O5. The molecule has 0 aliphatic heterocycles. The number of ether oxygens (including phenoxy) is 3. The van der Waals surface area contributed by atoms with Gasteiger partial charge in [0.1, 0.15) is 0 Å². The monoisotopic (exact) mass is 466 g/mol. The van der Waals surface area contributed by atoms with Crippen molar-refractivity contribution < 1.29 is 23.8 Å². The zero-order valence-electron chi connectivity index (χ0n) is 17.5. The minimum atomic E-state index is -0.377. The van der Waals surface area contributed by atoms with Crippen molar-refractivity contribution in [2.45, 2.75) is 6.92 Å². The van der Waals surface area contributed by atoms with E-state index in [1.54, 1.807) is 37.5 Å². The second kappa shape index (κ2) is 12.2. The molecule has 0 atom stereocenters. The molecule has 166 valence electrons. The Labute approximate surface area is 191 Å². The van der Waals surface area contributed by atoms with Gasteiger partial charge in [0.2, 0.25) is 5.91 Å². The number of nitrogens with one attached hydrogen (secondary N) is 2. The number of hydrogen-bond acceptors (Lipinski definition) is 5. The smallest absolute Gasteiger partial charge is 0.252 e. The normalized spacial score (nSPS) is 10.7. The summed E-state index contributed by atoms with van der Waals surface area (Å²) in [6, 6.07) is 8.04. The van der Waals surface area contributed by atoms with Gasteiger partial charge in [-0.25, -0.2) is 0 Å². The summed E-state index contributed by atoms with van der Waals surface area (Å²) in [5.41, 5.74) is 1.43. The summed E-state index contributed by atoms with van der Waals surface area (Å²) < 4.78 is 15.7. The summed E-state index contributed by atoms with van der Waals surface area (Å²) in [5.74, 6) is 0.230. The third kappa shape index (κ3) is 7.17. The molecule has 0 aromatic heterocycles. The Hall–Kier alpha value is -2.74. The molecule has 7 nitrogen and oxygen atoms in total. The first-order valence-corrected chi connectivity index (χ1v) is 10.2. The van der Waals surface area contributed by atoms with Crippen LogP contribution in [-0.4, -0.2) is 45.8 Å². The zero-order valence-corrected chi connectivity index (χ0v) is 19.0. The number of methoxy groups -OCH3 is 2. The molecule has 0 saturated carbocycles. The first kappa shape index (κ1) is 24.5. The number of carbonyl (C=O) groups is 2. The molecule has 0 bridgehead atoms. The van der Waals surface area contributed by atoms with E-state index in [0.717, 1.165) is 0 Å². The van der Waals surface area contributed by atoms with Gasteiger partial charge < -0.3 is 24.8 Å². The predicted octanol–water partition coefficient (Wildman–Crippen LogP) is 4.43. The van der Waals surface area contributed by atoms with E-state index in [1.165, 1.54) is 19.3 Å². The Bertz CT molecular complexity index is 963. The van der Waals surface area contributed by atoms with Gasteiger partial charge in [0.05, 0.1) is 35.9 Å². The van der Waals surface area contributed by atoms with E-state index in [4.69, 9.17) is 37.4 Å². The molecule has 2 N–H and O–H groups in total. The molecule has 0 spiro atoms. The number of rotatable bonds is 10. The first-order chi connectivity index (χ1) is 14.9. The van der Waals surface area contributed by atoms with Gasteiger partial charge >= 0.3 is 0 Å². The summed E-state index contributed by atoms with van der Waals surface area (Å²) in [6.45, 7) is 3.06. The van der Waals surface area contributed by atoms with Crippen LogP contribution in [-0.2, 0) is 9.53 Å². The topological polar surface area (TPSA) is 85.9 Å². The second-order valence-electron chi connectivity index (χ2n) is 6.23. The molecule has 2 aromatic rings. The van der Waals surface area contributed by atoms with Crippen LogP contribution in [0.3, 0.4) is 0 Å². The highest BCUT2D eigenvalue weighted by Crippen LogP contribution is 2.36. The molecule has 0 unspecified atom stereocenters. The Balaban J connectivity index is 2.05. The molecule has 2 amide bonds. The SMILES string of the molecule is CCOc1c(Cl)cc(/C=C/C(=O)Nc2ccc(C(=O)NCCOC)c(Cl)c2)cc1OC. The number of carbonyl (C=O) groups excluding carboxylic acids is 2. The standard InChI is InChI=1S/C22H24Cl2N2O5/c1-4-31-21-18(24)11-14(12-19(21)30-3)5-8-20(27)26-15-6-7-16(17(23)13-15)22(28)25-9-10-29-2/h5-8,11-13H,4,9-10H2,1-3H3,(H,25,28)(H,26,27)/b8-5+. The van der Waals surface area contributed by atoms with Crippen molar-refractivity contribution in [3.05, 3.63) is 57.6 Å². The molecule has 0 fully saturated rings. The molecule has 2 rings (SSSR count). The lowest BCUT2D eigenvalue weighted by Crippen LogP contribution is -2.27. The molecule has 31 heavy (non-hydrogen) atoms. The van der Waals surface area contributed by atoms with Gasteiger partial charge in [0.25, 0.3) is 5.91 Å². The summed E-state index contributed by atoms with van der Waals surface area (Å²) in [6.07, 6.45) is 2.95. The number of hydrogen-bond donors (Lipinski definition) is 2. The number of anilines is 1. The molecular weight excluding hydrogens is 443 g/mol. The molecule has 0 aliphatic rings. The van der Waals surface area contributed by atoms with Crippen LogP contribution in [0.25, 0.3) is 6.08 Å². The van der Waals surface area contributed by atoms with Crippen molar-refractivity contribution in [1.29, 1.82) is 0 Å². The molecule has 0 radical (unpaired) electrons. The van der Waals surface area contributed by atoms with Crippen LogP contribution >= 0.6 is 23.2 Å². The molecule has 2 aromatic carbocycles. The maximum Gasteiger partial charge on any atom is 0.252 e. The van der Waals surface area contributed by atoms with Gasteiger partial charge in [-0.1, -0.05) is 23.2 Å². The summed E-state index contributed by atoms with van der Waals surface area (Å²) in [7, 11) is 3.06. The maximum atomic E-state index is 12.3. The van der Waals surface area contributed by atoms with Gasteiger partial charge in [0.15, 0.2) is 11.5 Å². The molecule has 0 saturated heterocycles. The van der Waals surface area contributed by atoms with Crippen LogP contribution in [0.5, 0.6) is 11.5 Å². The fourth-order valence-electron chi connectivity index (χ4n) is 2.62. The van der Waals surface area contributed by atoms with E-state index < -0.39 is 0 Å². The van der Waals surface area contributed by atoms with Crippen molar-refractivity contribution in [1.82, 2.24) is 5.32 Å². The average Bonchev–Trinajstić information content (AvgIpc) is 2.74. The second-order valence-corrected chi connectivity index (χ2v) is 7.05. The number of amides is 2. The number of benzene rings is 2. The first-order valence-electron chi connectivity index (χ1n) is 9.45. The van der Waals surface area contributed by atoms with Crippen molar-refractivity contribution in [2.75, 3.05) is 39.3 Å². The van der Waals surface area contributed by atoms with Gasteiger partial charge in [0, 0.05) is 25.4 Å². The highest BCUT2D eigenvalue weighted by molar-refractivity contribution is 6.34. The summed E-state index contributed by atoms with van der Waals surface area (Å²) >= 11 is 12.4. The van der Waals surface area contributed by atoms with Gasteiger partial charge in [-0.15, -0.1) is 0 Å². The van der Waals surface area contributed by atoms with Crippen LogP contribution in [0.2, 0.25) is 10.0 Å². The molecule has 0 heterocycles. The fourth-order valence-corrected chi connectivity index (χ4v) is 3.16. The van der Waals surface area contributed by atoms with Crippen molar-refractivity contribution in [3.63, 3.8) is 0 Å². The van der Waals surface area contributed by atoms with Crippen LogP contribution in [0, 0.1) is 0 Å². The van der Waals surface area contributed by atoms with E-state index in [-0.39, 0.29) is 16.8 Å². The Morgan fingerprint density at radius 1 is 1.10 bits per heavy atom. The van der Waals surface area contributed by atoms with Crippen LogP contribution in [0.1, 0.15) is 22.8 Å². The van der Waals surface area contributed by atoms with Gasteiger partial charge in [-0.2, -0.15) is 0 Å². The van der Waals surface area contributed by atoms with Gasteiger partial charge in [-0.05, 0) is 48.9 Å². The minimum Gasteiger partial charge on any atom is -0.493 e. The quantitative estimate of drug-likeness (QED) is 0.399. The fraction of sp³-hybridized carbons (Fsp3) is 0.273. The van der Waals surface area contributed by atoms with Gasteiger partial charge in [-0.3, -0.25) is 9.59 Å². The third-order valence-electron chi connectivity index (χ3n) is 4.04. The lowest BCUT2D eigenvalue weighted by Gasteiger charge is -2.12. The van der Waals surface area contributed by atoms with E-state index in [2.05, 4.69) is 10.6 Å². The Morgan fingerprint density at radius 2 is 1.87 bits per heavy atom. The maximum absolute atomic E-state index is 12.3.